The zero-order valence-corrected chi connectivity index (χ0v) is 13.0. The highest BCUT2D eigenvalue weighted by molar-refractivity contribution is 14.1. The summed E-state index contributed by atoms with van der Waals surface area (Å²) in [6.07, 6.45) is 0. The summed E-state index contributed by atoms with van der Waals surface area (Å²) < 4.78 is 5.39. The molecule has 0 aromatic carbocycles. The molecule has 0 fully saturated rings. The second kappa shape index (κ2) is 8.63. The van der Waals surface area contributed by atoms with E-state index < -0.39 is 12.0 Å². The molecule has 0 aliphatic carbocycles. The quantitative estimate of drug-likeness (QED) is 0.292. The number of carbonyl (C=O) groups is 3. The van der Waals surface area contributed by atoms with Crippen LogP contribution >= 0.6 is 31.8 Å². The first-order valence-electron chi connectivity index (χ1n) is 4.89. The molecule has 2 amide bonds. The van der Waals surface area contributed by atoms with Crippen LogP contribution < -0.4 is 10.6 Å². The lowest BCUT2D eigenvalue weighted by molar-refractivity contribution is -0.147. The smallest absolute Gasteiger partial charge is 0.329 e. The molecule has 6 nitrogen and oxygen atoms in total. The van der Waals surface area contributed by atoms with Crippen LogP contribution in [0, 0.1) is 0 Å². The van der Waals surface area contributed by atoms with Gasteiger partial charge in [-0.25, -0.2) is 4.79 Å². The third-order valence-corrected chi connectivity index (χ3v) is 2.85. The van der Waals surface area contributed by atoms with E-state index in [9.17, 15) is 14.4 Å². The maximum Gasteiger partial charge on any atom is 0.329 e. The molecular formula is C9H16IN2O4P. The molecule has 0 heterocycles. The van der Waals surface area contributed by atoms with E-state index in [1.54, 1.807) is 0 Å². The van der Waals surface area contributed by atoms with E-state index in [1.807, 2.05) is 22.6 Å². The fourth-order valence-corrected chi connectivity index (χ4v) is 1.89. The number of hydrogen-bond acceptors (Lipinski definition) is 4. The van der Waals surface area contributed by atoms with Crippen molar-refractivity contribution in [2.75, 3.05) is 11.0 Å². The monoisotopic (exact) mass is 374 g/mol. The van der Waals surface area contributed by atoms with Gasteiger partial charge in [0, 0.05) is 18.3 Å². The number of rotatable bonds is 6. The molecule has 0 aliphatic heterocycles. The average molecular weight is 374 g/mol. The lowest BCUT2D eigenvalue weighted by Gasteiger charge is -2.17. The van der Waals surface area contributed by atoms with Gasteiger partial charge in [-0.15, -0.1) is 9.24 Å². The van der Waals surface area contributed by atoms with Crippen molar-refractivity contribution in [2.24, 2.45) is 0 Å². The van der Waals surface area contributed by atoms with Crippen LogP contribution in [0.5, 0.6) is 0 Å². The van der Waals surface area contributed by atoms with Crippen LogP contribution in [0.15, 0.2) is 0 Å². The van der Waals surface area contributed by atoms with Gasteiger partial charge in [0.1, 0.15) is 12.6 Å². The summed E-state index contributed by atoms with van der Waals surface area (Å²) in [6.45, 7) is 2.77. The van der Waals surface area contributed by atoms with Gasteiger partial charge < -0.3 is 15.4 Å². The van der Waals surface area contributed by atoms with Crippen LogP contribution in [0.3, 0.4) is 0 Å². The summed E-state index contributed by atoms with van der Waals surface area (Å²) in [7, 11) is 2.35. The van der Waals surface area contributed by atoms with Crippen molar-refractivity contribution in [1.29, 1.82) is 0 Å². The second-order valence-electron chi connectivity index (χ2n) is 3.34. The first kappa shape index (κ1) is 16.6. The standard InChI is InChI=1S/C9H16IN2O4P/c1-5(13)11-7(3-10)9(15)16-4-8(17)12-6(2)14/h7-8H,3-4,17H2,1-2H3,(H,11,13)(H,12,14). The number of esters is 1. The normalized spacial score (nSPS) is 13.4. The lowest BCUT2D eigenvalue weighted by Crippen LogP contribution is -2.43. The minimum absolute atomic E-state index is 0.0514. The minimum Gasteiger partial charge on any atom is -0.462 e. The Labute approximate surface area is 116 Å². The van der Waals surface area contributed by atoms with Gasteiger partial charge in [-0.1, -0.05) is 22.6 Å². The Morgan fingerprint density at radius 2 is 1.76 bits per heavy atom. The fourth-order valence-electron chi connectivity index (χ4n) is 0.981. The van der Waals surface area contributed by atoms with Crippen LogP contribution in [0.2, 0.25) is 0 Å². The maximum atomic E-state index is 11.5. The van der Waals surface area contributed by atoms with Gasteiger partial charge in [-0.05, 0) is 0 Å². The summed E-state index contributed by atoms with van der Waals surface area (Å²) in [5, 5.41) is 5.03. The van der Waals surface area contributed by atoms with E-state index >= 15 is 0 Å². The molecular weight excluding hydrogens is 358 g/mol. The highest BCUT2D eigenvalue weighted by Gasteiger charge is 2.20. The van der Waals surface area contributed by atoms with Crippen molar-refractivity contribution in [1.82, 2.24) is 10.6 Å². The third-order valence-electron chi connectivity index (χ3n) is 1.61. The maximum absolute atomic E-state index is 11.5. The van der Waals surface area contributed by atoms with E-state index in [4.69, 9.17) is 4.74 Å². The number of carbonyl (C=O) groups excluding carboxylic acids is 3. The molecule has 0 spiro atoms. The number of ether oxygens (including phenoxy) is 1. The van der Waals surface area contributed by atoms with Crippen molar-refractivity contribution in [2.45, 2.75) is 25.7 Å². The lowest BCUT2D eigenvalue weighted by atomic mass is 10.3. The summed E-state index contributed by atoms with van der Waals surface area (Å²) >= 11 is 1.98. The van der Waals surface area contributed by atoms with Crippen molar-refractivity contribution >= 4 is 49.6 Å². The number of amides is 2. The van der Waals surface area contributed by atoms with Gasteiger partial charge in [0.25, 0.3) is 0 Å². The Kier molecular flexibility index (Phi) is 8.41. The van der Waals surface area contributed by atoms with Crippen LogP contribution in [-0.4, -0.2) is 40.6 Å². The number of hydrogen-bond donors (Lipinski definition) is 2. The number of nitrogens with one attached hydrogen (secondary N) is 2. The van der Waals surface area contributed by atoms with Crippen molar-refractivity contribution < 1.29 is 19.1 Å². The Hall–Kier alpha value is -0.430. The molecule has 0 rings (SSSR count). The Morgan fingerprint density at radius 1 is 1.24 bits per heavy atom. The zero-order chi connectivity index (χ0) is 13.4. The van der Waals surface area contributed by atoms with Crippen LogP contribution in [-0.2, 0) is 19.1 Å². The molecule has 0 aromatic heterocycles. The van der Waals surface area contributed by atoms with E-state index in [0.717, 1.165) is 0 Å². The van der Waals surface area contributed by atoms with E-state index in [1.165, 1.54) is 13.8 Å². The first-order valence-corrected chi connectivity index (χ1v) is 7.08. The molecule has 0 saturated heterocycles. The van der Waals surface area contributed by atoms with E-state index in [-0.39, 0.29) is 24.2 Å². The number of alkyl halides is 1. The molecule has 2 N–H and O–H groups in total. The zero-order valence-electron chi connectivity index (χ0n) is 9.66. The summed E-state index contributed by atoms with van der Waals surface area (Å²) in [5.41, 5.74) is 0. The van der Waals surface area contributed by atoms with E-state index in [2.05, 4.69) is 19.9 Å². The van der Waals surface area contributed by atoms with Crippen molar-refractivity contribution in [3.63, 3.8) is 0 Å². The average Bonchev–Trinajstić information content (AvgIpc) is 2.21. The highest BCUT2D eigenvalue weighted by Crippen LogP contribution is 2.00. The molecule has 3 unspecified atom stereocenters. The first-order chi connectivity index (χ1) is 7.86. The molecule has 0 radical (unpaired) electrons. The molecule has 8 heteroatoms. The highest BCUT2D eigenvalue weighted by atomic mass is 127. The largest absolute Gasteiger partial charge is 0.462 e. The van der Waals surface area contributed by atoms with Gasteiger partial charge in [-0.2, -0.15) is 0 Å². The molecule has 0 aliphatic rings. The molecule has 98 valence electrons. The third kappa shape index (κ3) is 8.31. The van der Waals surface area contributed by atoms with Crippen LogP contribution in [0.1, 0.15) is 13.8 Å². The van der Waals surface area contributed by atoms with Gasteiger partial charge >= 0.3 is 5.97 Å². The summed E-state index contributed by atoms with van der Waals surface area (Å²) in [5.74, 6) is -1.32. The molecule has 0 aromatic rings. The van der Waals surface area contributed by atoms with Crippen molar-refractivity contribution in [3.05, 3.63) is 0 Å². The molecule has 0 saturated carbocycles. The van der Waals surface area contributed by atoms with Crippen LogP contribution in [0.25, 0.3) is 0 Å². The van der Waals surface area contributed by atoms with Gasteiger partial charge in [-0.3, -0.25) is 9.59 Å². The van der Waals surface area contributed by atoms with Crippen LogP contribution in [0.4, 0.5) is 0 Å². The van der Waals surface area contributed by atoms with Gasteiger partial charge in [0.15, 0.2) is 0 Å². The van der Waals surface area contributed by atoms with Crippen molar-refractivity contribution in [3.8, 4) is 0 Å². The Balaban J connectivity index is 4.05. The Morgan fingerprint density at radius 3 is 2.18 bits per heavy atom. The summed E-state index contributed by atoms with van der Waals surface area (Å²) in [4.78, 5) is 33.1. The predicted octanol–water partition coefficient (Wildman–Crippen LogP) is -0.193. The van der Waals surface area contributed by atoms with E-state index in [0.29, 0.717) is 4.43 Å². The predicted molar refractivity (Wildman–Crippen MR) is 74.8 cm³/mol. The molecule has 0 bridgehead atoms. The van der Waals surface area contributed by atoms with Gasteiger partial charge in [0.05, 0.1) is 5.78 Å². The number of halogens is 1. The minimum atomic E-state index is -0.650. The SMILES string of the molecule is CC(=O)NC(P)COC(=O)C(CI)NC(C)=O. The fraction of sp³-hybridized carbons (Fsp3) is 0.667. The topological polar surface area (TPSA) is 84.5 Å². The molecule has 3 atom stereocenters. The molecule has 17 heavy (non-hydrogen) atoms. The second-order valence-corrected chi connectivity index (χ2v) is 5.03. The summed E-state index contributed by atoms with van der Waals surface area (Å²) in [6, 6.07) is -0.650. The Bertz CT molecular complexity index is 301. The van der Waals surface area contributed by atoms with Gasteiger partial charge in [0.2, 0.25) is 11.8 Å².